The third-order valence-electron chi connectivity index (χ3n) is 5.45. The van der Waals surface area contributed by atoms with Crippen LogP contribution in [0.1, 0.15) is 40.5 Å². The number of rotatable bonds is 5. The van der Waals surface area contributed by atoms with Gasteiger partial charge in [-0.2, -0.15) is 0 Å². The van der Waals surface area contributed by atoms with Crippen molar-refractivity contribution >= 4 is 17.8 Å². The molecule has 1 atom stereocenters. The van der Waals surface area contributed by atoms with Gasteiger partial charge in [0, 0.05) is 23.9 Å². The lowest BCUT2D eigenvalue weighted by molar-refractivity contribution is -0.131. The molecule has 1 fully saturated rings. The van der Waals surface area contributed by atoms with Crippen LogP contribution in [0.5, 0.6) is 0 Å². The molecule has 2 heterocycles. The van der Waals surface area contributed by atoms with Gasteiger partial charge in [-0.15, -0.1) is 0 Å². The van der Waals surface area contributed by atoms with Crippen molar-refractivity contribution in [1.29, 1.82) is 0 Å². The molecule has 3 aromatic rings. The number of carbonyl (C=O) groups excluding carboxylic acids is 2. The number of anilines is 1. The summed E-state index contributed by atoms with van der Waals surface area (Å²) in [5, 5.41) is 0. The Balaban J connectivity index is 1.67. The number of nitrogens with two attached hydrogens (primary N) is 2. The van der Waals surface area contributed by atoms with Gasteiger partial charge in [0.1, 0.15) is 5.82 Å². The summed E-state index contributed by atoms with van der Waals surface area (Å²) >= 11 is 0. The molecule has 0 bridgehead atoms. The van der Waals surface area contributed by atoms with Crippen LogP contribution in [0.25, 0.3) is 11.1 Å². The number of carbonyl (C=O) groups is 2. The summed E-state index contributed by atoms with van der Waals surface area (Å²) in [6.45, 7) is 0.593. The Hall–Kier alpha value is -3.81. The van der Waals surface area contributed by atoms with E-state index in [0.717, 1.165) is 24.0 Å². The Morgan fingerprint density at radius 3 is 2.68 bits per heavy atom. The second-order valence-corrected chi connectivity index (χ2v) is 7.52. The number of hydrogen-bond donors (Lipinski definition) is 2. The third-order valence-corrected chi connectivity index (χ3v) is 5.45. The molecule has 8 heteroatoms. The maximum absolute atomic E-state index is 13.2. The first-order chi connectivity index (χ1) is 14.9. The van der Waals surface area contributed by atoms with Gasteiger partial charge in [0.05, 0.1) is 18.2 Å². The van der Waals surface area contributed by atoms with Crippen molar-refractivity contribution in [2.24, 2.45) is 5.73 Å². The van der Waals surface area contributed by atoms with Crippen LogP contribution in [0.3, 0.4) is 0 Å². The van der Waals surface area contributed by atoms with Crippen LogP contribution < -0.4 is 11.5 Å². The van der Waals surface area contributed by atoms with E-state index in [2.05, 4.69) is 9.97 Å². The SMILES string of the molecule is NC(=O)c1cccc(-c2cnc(N)nc2C2CCCN2C(=O)Cc2ccc(F)cc2)c1. The smallest absolute Gasteiger partial charge is 0.248 e. The number of hydrogen-bond acceptors (Lipinski definition) is 5. The summed E-state index contributed by atoms with van der Waals surface area (Å²) in [4.78, 5) is 35.0. The summed E-state index contributed by atoms with van der Waals surface area (Å²) in [6, 6.07) is 12.5. The monoisotopic (exact) mass is 419 g/mol. The molecule has 1 aliphatic rings. The lowest BCUT2D eigenvalue weighted by Crippen LogP contribution is -2.32. The normalized spacial score (nSPS) is 15.8. The Labute approximate surface area is 178 Å². The maximum atomic E-state index is 13.2. The summed E-state index contributed by atoms with van der Waals surface area (Å²) in [7, 11) is 0. The number of amides is 2. The molecule has 1 aliphatic heterocycles. The van der Waals surface area contributed by atoms with Crippen molar-refractivity contribution in [2.75, 3.05) is 12.3 Å². The molecule has 1 unspecified atom stereocenters. The molecule has 7 nitrogen and oxygen atoms in total. The summed E-state index contributed by atoms with van der Waals surface area (Å²) in [6.07, 6.45) is 3.33. The quantitative estimate of drug-likeness (QED) is 0.660. The molecule has 1 saturated heterocycles. The second kappa shape index (κ2) is 8.51. The van der Waals surface area contributed by atoms with Crippen LogP contribution in [0, 0.1) is 5.82 Å². The van der Waals surface area contributed by atoms with E-state index in [1.165, 1.54) is 12.1 Å². The highest BCUT2D eigenvalue weighted by atomic mass is 19.1. The minimum Gasteiger partial charge on any atom is -0.368 e. The molecule has 158 valence electrons. The number of aromatic nitrogens is 2. The zero-order valence-corrected chi connectivity index (χ0v) is 16.8. The molecule has 4 rings (SSSR count). The van der Waals surface area contributed by atoms with Gasteiger partial charge in [-0.3, -0.25) is 9.59 Å². The van der Waals surface area contributed by atoms with E-state index in [1.54, 1.807) is 41.4 Å². The highest BCUT2D eigenvalue weighted by molar-refractivity contribution is 5.94. The fourth-order valence-corrected chi connectivity index (χ4v) is 3.95. The second-order valence-electron chi connectivity index (χ2n) is 7.52. The summed E-state index contributed by atoms with van der Waals surface area (Å²) in [5.41, 5.74) is 14.5. The number of halogens is 1. The van der Waals surface area contributed by atoms with Crippen LogP contribution in [-0.2, 0) is 11.2 Å². The maximum Gasteiger partial charge on any atom is 0.248 e. The highest BCUT2D eigenvalue weighted by Crippen LogP contribution is 2.37. The minimum absolute atomic E-state index is 0.0665. The predicted molar refractivity (Wildman–Crippen MR) is 114 cm³/mol. The molecule has 2 aromatic carbocycles. The fraction of sp³-hybridized carbons (Fsp3) is 0.217. The minimum atomic E-state index is -0.531. The molecule has 0 radical (unpaired) electrons. The van der Waals surface area contributed by atoms with Crippen molar-refractivity contribution in [2.45, 2.75) is 25.3 Å². The Morgan fingerprint density at radius 1 is 1.16 bits per heavy atom. The van der Waals surface area contributed by atoms with Gasteiger partial charge in [0.25, 0.3) is 0 Å². The van der Waals surface area contributed by atoms with Crippen molar-refractivity contribution in [3.05, 3.63) is 77.4 Å². The Morgan fingerprint density at radius 2 is 1.94 bits per heavy atom. The molecule has 4 N–H and O–H groups in total. The van der Waals surface area contributed by atoms with Crippen LogP contribution in [0.2, 0.25) is 0 Å². The number of nitrogen functional groups attached to an aromatic ring is 1. The van der Waals surface area contributed by atoms with Gasteiger partial charge >= 0.3 is 0 Å². The zero-order valence-electron chi connectivity index (χ0n) is 16.8. The Kier molecular flexibility index (Phi) is 5.62. The fourth-order valence-electron chi connectivity index (χ4n) is 3.95. The Bertz CT molecular complexity index is 1130. The van der Waals surface area contributed by atoms with E-state index in [-0.39, 0.29) is 30.1 Å². The van der Waals surface area contributed by atoms with E-state index in [1.807, 2.05) is 6.07 Å². The molecule has 1 aromatic heterocycles. The first-order valence-electron chi connectivity index (χ1n) is 9.99. The molecule has 0 spiro atoms. The average Bonchev–Trinajstić information content (AvgIpc) is 3.25. The summed E-state index contributed by atoms with van der Waals surface area (Å²) < 4.78 is 13.2. The molecular formula is C23H22FN5O2. The van der Waals surface area contributed by atoms with Crippen molar-refractivity contribution in [3.63, 3.8) is 0 Å². The predicted octanol–water partition coefficient (Wildman–Crippen LogP) is 2.87. The average molecular weight is 419 g/mol. The summed E-state index contributed by atoms with van der Waals surface area (Å²) in [5.74, 6) is -0.822. The first-order valence-corrected chi connectivity index (χ1v) is 9.99. The van der Waals surface area contributed by atoms with Gasteiger partial charge < -0.3 is 16.4 Å². The highest BCUT2D eigenvalue weighted by Gasteiger charge is 2.33. The molecular weight excluding hydrogens is 397 g/mol. The van der Waals surface area contributed by atoms with E-state index in [9.17, 15) is 14.0 Å². The van der Waals surface area contributed by atoms with Gasteiger partial charge in [-0.25, -0.2) is 14.4 Å². The largest absolute Gasteiger partial charge is 0.368 e. The third kappa shape index (κ3) is 4.37. The van der Waals surface area contributed by atoms with Gasteiger partial charge in [-0.1, -0.05) is 24.3 Å². The van der Waals surface area contributed by atoms with Crippen molar-refractivity contribution in [1.82, 2.24) is 14.9 Å². The standard InChI is InChI=1S/C23H22FN5O2/c24-17-8-6-14(7-9-17)11-20(30)29-10-2-5-19(29)21-18(13-27-23(26)28-21)15-3-1-4-16(12-15)22(25)31/h1,3-4,6-9,12-13,19H,2,5,10-11H2,(H2,25,31)(H2,26,27,28). The van der Waals surface area contributed by atoms with Gasteiger partial charge in [0.2, 0.25) is 17.8 Å². The number of primary amides is 1. The van der Waals surface area contributed by atoms with Crippen LogP contribution in [-0.4, -0.2) is 33.2 Å². The van der Waals surface area contributed by atoms with Crippen LogP contribution >= 0.6 is 0 Å². The molecule has 2 amide bonds. The van der Waals surface area contributed by atoms with Crippen molar-refractivity contribution in [3.8, 4) is 11.1 Å². The van der Waals surface area contributed by atoms with Crippen LogP contribution in [0.15, 0.2) is 54.7 Å². The zero-order chi connectivity index (χ0) is 22.0. The van der Waals surface area contributed by atoms with E-state index in [4.69, 9.17) is 11.5 Å². The molecule has 31 heavy (non-hydrogen) atoms. The van der Waals surface area contributed by atoms with Crippen molar-refractivity contribution < 1.29 is 14.0 Å². The lowest BCUT2D eigenvalue weighted by Gasteiger charge is -2.26. The van der Waals surface area contributed by atoms with E-state index in [0.29, 0.717) is 23.4 Å². The van der Waals surface area contributed by atoms with Gasteiger partial charge in [0.15, 0.2) is 0 Å². The number of benzene rings is 2. The molecule has 0 aliphatic carbocycles. The first kappa shape index (κ1) is 20.5. The topological polar surface area (TPSA) is 115 Å². The van der Waals surface area contributed by atoms with Gasteiger partial charge in [-0.05, 0) is 48.2 Å². The lowest BCUT2D eigenvalue weighted by atomic mass is 9.98. The molecule has 0 saturated carbocycles. The van der Waals surface area contributed by atoms with Crippen LogP contribution in [0.4, 0.5) is 10.3 Å². The number of nitrogens with zero attached hydrogens (tertiary/aromatic N) is 3. The van der Waals surface area contributed by atoms with E-state index < -0.39 is 5.91 Å². The van der Waals surface area contributed by atoms with E-state index >= 15 is 0 Å². The number of likely N-dealkylation sites (tertiary alicyclic amines) is 1.